The molecule has 9 heteroatoms. The number of carbonyl (C=O) groups excluding carboxylic acids is 2. The second-order valence-corrected chi connectivity index (χ2v) is 7.51. The summed E-state index contributed by atoms with van der Waals surface area (Å²) in [6.07, 6.45) is -3.55. The molecule has 1 aliphatic rings. The van der Waals surface area contributed by atoms with Gasteiger partial charge in [0.15, 0.2) is 6.61 Å². The molecule has 1 unspecified atom stereocenters. The third kappa shape index (κ3) is 6.46. The van der Waals surface area contributed by atoms with Crippen molar-refractivity contribution in [2.75, 3.05) is 38.2 Å². The van der Waals surface area contributed by atoms with Gasteiger partial charge in [-0.05, 0) is 55.8 Å². The second kappa shape index (κ2) is 10.5. The van der Waals surface area contributed by atoms with Gasteiger partial charge in [0, 0.05) is 36.9 Å². The topological polar surface area (TPSA) is 67.9 Å². The molecule has 2 aromatic rings. The molecule has 2 amide bonds. The van der Waals surface area contributed by atoms with E-state index in [4.69, 9.17) is 9.47 Å². The zero-order valence-electron chi connectivity index (χ0n) is 17.7. The lowest BCUT2D eigenvalue weighted by Crippen LogP contribution is -2.35. The molecule has 172 valence electrons. The first kappa shape index (κ1) is 23.6. The highest BCUT2D eigenvalue weighted by Crippen LogP contribution is 2.30. The lowest BCUT2D eigenvalue weighted by atomic mass is 10.1. The molecule has 1 N–H and O–H groups in total. The Labute approximate surface area is 184 Å². The van der Waals surface area contributed by atoms with Gasteiger partial charge < -0.3 is 19.7 Å². The Morgan fingerprint density at radius 3 is 2.56 bits per heavy atom. The maximum Gasteiger partial charge on any atom is 0.416 e. The number of hydrogen-bond donors (Lipinski definition) is 1. The van der Waals surface area contributed by atoms with E-state index in [0.717, 1.165) is 25.2 Å². The van der Waals surface area contributed by atoms with Crippen molar-refractivity contribution >= 4 is 17.5 Å². The Bertz CT molecular complexity index is 926. The van der Waals surface area contributed by atoms with Crippen LogP contribution in [0.1, 0.15) is 29.3 Å². The van der Waals surface area contributed by atoms with Crippen molar-refractivity contribution in [3.05, 3.63) is 59.7 Å². The standard InChI is InChI=1S/C23H25F3N2O4/c1-2-28(13-16-10-11-31-14-16)22(30)17-6-8-20(9-7-17)32-15-21(29)27-19-5-3-4-18(12-19)23(24,25)26/h3-9,12,16H,2,10-11,13-15H2,1H3,(H,27,29). The Morgan fingerprint density at radius 2 is 1.94 bits per heavy atom. The number of benzene rings is 2. The van der Waals surface area contributed by atoms with Gasteiger partial charge >= 0.3 is 6.18 Å². The first-order valence-corrected chi connectivity index (χ1v) is 10.3. The van der Waals surface area contributed by atoms with Crippen LogP contribution in [-0.4, -0.2) is 49.6 Å². The number of halogens is 3. The van der Waals surface area contributed by atoms with Crippen LogP contribution in [0.5, 0.6) is 5.75 Å². The van der Waals surface area contributed by atoms with Gasteiger partial charge in [0.1, 0.15) is 5.75 Å². The van der Waals surface area contributed by atoms with Crippen molar-refractivity contribution in [2.24, 2.45) is 5.92 Å². The molecular formula is C23H25F3N2O4. The maximum absolute atomic E-state index is 12.8. The highest BCUT2D eigenvalue weighted by Gasteiger charge is 2.30. The number of rotatable bonds is 8. The monoisotopic (exact) mass is 450 g/mol. The molecule has 0 bridgehead atoms. The summed E-state index contributed by atoms with van der Waals surface area (Å²) in [6.45, 7) is 4.16. The minimum absolute atomic E-state index is 0.0293. The zero-order valence-corrected chi connectivity index (χ0v) is 17.7. The number of nitrogens with one attached hydrogen (secondary N) is 1. The van der Waals surface area contributed by atoms with E-state index in [0.29, 0.717) is 36.9 Å². The quantitative estimate of drug-likeness (QED) is 0.654. The van der Waals surface area contributed by atoms with Crippen LogP contribution in [0.15, 0.2) is 48.5 Å². The van der Waals surface area contributed by atoms with Gasteiger partial charge in [0.2, 0.25) is 0 Å². The molecule has 0 aromatic heterocycles. The fraction of sp³-hybridized carbons (Fsp3) is 0.391. The summed E-state index contributed by atoms with van der Waals surface area (Å²) in [5.41, 5.74) is -0.314. The SMILES string of the molecule is CCN(CC1CCOC1)C(=O)c1ccc(OCC(=O)Nc2cccc(C(F)(F)F)c2)cc1. The Morgan fingerprint density at radius 1 is 1.19 bits per heavy atom. The summed E-state index contributed by atoms with van der Waals surface area (Å²) in [5, 5.41) is 2.38. The fourth-order valence-electron chi connectivity index (χ4n) is 3.39. The smallest absolute Gasteiger partial charge is 0.416 e. The van der Waals surface area contributed by atoms with Crippen LogP contribution in [0.2, 0.25) is 0 Å². The van der Waals surface area contributed by atoms with Crippen molar-refractivity contribution in [1.29, 1.82) is 0 Å². The summed E-state index contributed by atoms with van der Waals surface area (Å²) in [7, 11) is 0. The molecule has 0 saturated carbocycles. The van der Waals surface area contributed by atoms with E-state index in [1.54, 1.807) is 29.2 Å². The average molecular weight is 450 g/mol. The van der Waals surface area contributed by atoms with E-state index >= 15 is 0 Å². The Kier molecular flexibility index (Phi) is 7.74. The number of amides is 2. The van der Waals surface area contributed by atoms with Crippen molar-refractivity contribution in [2.45, 2.75) is 19.5 Å². The number of alkyl halides is 3. The number of ether oxygens (including phenoxy) is 2. The largest absolute Gasteiger partial charge is 0.484 e. The second-order valence-electron chi connectivity index (χ2n) is 7.51. The lowest BCUT2D eigenvalue weighted by molar-refractivity contribution is -0.137. The molecule has 32 heavy (non-hydrogen) atoms. The Hall–Kier alpha value is -3.07. The van der Waals surface area contributed by atoms with Crippen LogP contribution in [-0.2, 0) is 15.7 Å². The first-order chi connectivity index (χ1) is 15.3. The predicted molar refractivity (Wildman–Crippen MR) is 113 cm³/mol. The summed E-state index contributed by atoms with van der Waals surface area (Å²) in [6, 6.07) is 10.8. The molecule has 2 aromatic carbocycles. The number of carbonyl (C=O) groups is 2. The van der Waals surface area contributed by atoms with Gasteiger partial charge in [0.25, 0.3) is 11.8 Å². The van der Waals surface area contributed by atoms with E-state index in [2.05, 4.69) is 5.32 Å². The molecule has 1 fully saturated rings. The molecule has 0 spiro atoms. The lowest BCUT2D eigenvalue weighted by Gasteiger charge is -2.23. The van der Waals surface area contributed by atoms with E-state index in [1.165, 1.54) is 12.1 Å². The average Bonchev–Trinajstić information content (AvgIpc) is 3.29. The van der Waals surface area contributed by atoms with Crippen molar-refractivity contribution in [1.82, 2.24) is 4.90 Å². The van der Waals surface area contributed by atoms with Gasteiger partial charge in [-0.25, -0.2) is 0 Å². The first-order valence-electron chi connectivity index (χ1n) is 10.3. The molecule has 3 rings (SSSR count). The van der Waals surface area contributed by atoms with Gasteiger partial charge in [0.05, 0.1) is 12.2 Å². The molecule has 6 nitrogen and oxygen atoms in total. The van der Waals surface area contributed by atoms with E-state index in [-0.39, 0.29) is 18.2 Å². The Balaban J connectivity index is 1.52. The molecule has 1 heterocycles. The van der Waals surface area contributed by atoms with Crippen LogP contribution in [0.3, 0.4) is 0 Å². The van der Waals surface area contributed by atoms with Gasteiger partial charge in [-0.2, -0.15) is 13.2 Å². The van der Waals surface area contributed by atoms with Crippen molar-refractivity contribution < 1.29 is 32.2 Å². The minimum atomic E-state index is -4.49. The summed E-state index contributed by atoms with van der Waals surface area (Å²) >= 11 is 0. The zero-order chi connectivity index (χ0) is 23.1. The molecule has 1 saturated heterocycles. The number of hydrogen-bond acceptors (Lipinski definition) is 4. The molecular weight excluding hydrogens is 425 g/mol. The van der Waals surface area contributed by atoms with Crippen LogP contribution >= 0.6 is 0 Å². The van der Waals surface area contributed by atoms with E-state index in [9.17, 15) is 22.8 Å². The molecule has 1 aliphatic heterocycles. The summed E-state index contributed by atoms with van der Waals surface area (Å²) in [5.74, 6) is 0.0264. The van der Waals surface area contributed by atoms with Crippen LogP contribution in [0.25, 0.3) is 0 Å². The third-order valence-corrected chi connectivity index (χ3v) is 5.12. The van der Waals surface area contributed by atoms with Crippen molar-refractivity contribution in [3.8, 4) is 5.75 Å². The number of nitrogens with zero attached hydrogens (tertiary/aromatic N) is 1. The van der Waals surface area contributed by atoms with E-state index in [1.807, 2.05) is 6.92 Å². The maximum atomic E-state index is 12.8. The van der Waals surface area contributed by atoms with Gasteiger partial charge in [-0.1, -0.05) is 6.07 Å². The van der Waals surface area contributed by atoms with E-state index < -0.39 is 17.6 Å². The van der Waals surface area contributed by atoms with Gasteiger partial charge in [-0.3, -0.25) is 9.59 Å². The number of anilines is 1. The predicted octanol–water partition coefficient (Wildman–Crippen LogP) is 4.22. The third-order valence-electron chi connectivity index (χ3n) is 5.12. The van der Waals surface area contributed by atoms with Crippen LogP contribution in [0.4, 0.5) is 18.9 Å². The van der Waals surface area contributed by atoms with Crippen molar-refractivity contribution in [3.63, 3.8) is 0 Å². The minimum Gasteiger partial charge on any atom is -0.484 e. The van der Waals surface area contributed by atoms with Crippen LogP contribution in [0, 0.1) is 5.92 Å². The highest BCUT2D eigenvalue weighted by molar-refractivity contribution is 5.94. The molecule has 0 radical (unpaired) electrons. The highest BCUT2D eigenvalue weighted by atomic mass is 19.4. The fourth-order valence-corrected chi connectivity index (χ4v) is 3.39. The molecule has 1 atom stereocenters. The molecule has 0 aliphatic carbocycles. The van der Waals surface area contributed by atoms with Gasteiger partial charge in [-0.15, -0.1) is 0 Å². The van der Waals surface area contributed by atoms with Crippen LogP contribution < -0.4 is 10.1 Å². The summed E-state index contributed by atoms with van der Waals surface area (Å²) in [4.78, 5) is 26.5. The normalized spacial score (nSPS) is 15.9. The summed E-state index contributed by atoms with van der Waals surface area (Å²) < 4.78 is 49.1.